The van der Waals surface area contributed by atoms with Gasteiger partial charge >= 0.3 is 5.97 Å². The van der Waals surface area contributed by atoms with Crippen LogP contribution in [0.4, 0.5) is 11.4 Å². The van der Waals surface area contributed by atoms with E-state index < -0.39 is 23.7 Å². The van der Waals surface area contributed by atoms with Crippen LogP contribution in [-0.4, -0.2) is 30.2 Å². The Bertz CT molecular complexity index is 1740. The molecular formula is C29H16Cl4N2O5. The van der Waals surface area contributed by atoms with E-state index in [1.807, 2.05) is 42.5 Å². The molecule has 2 aliphatic rings. The van der Waals surface area contributed by atoms with E-state index in [0.717, 1.165) is 21.4 Å². The smallest absolute Gasteiger partial charge is 0.316 e. The molecule has 7 nitrogen and oxygen atoms in total. The lowest BCUT2D eigenvalue weighted by Gasteiger charge is -2.19. The van der Waals surface area contributed by atoms with Crippen LogP contribution in [0.3, 0.4) is 0 Å². The molecule has 40 heavy (non-hydrogen) atoms. The molecule has 0 aromatic heterocycles. The minimum Gasteiger partial charge on any atom is -0.426 e. The first-order valence-electron chi connectivity index (χ1n) is 12.0. The van der Waals surface area contributed by atoms with E-state index in [2.05, 4.69) is 0 Å². The van der Waals surface area contributed by atoms with Crippen molar-refractivity contribution in [3.63, 3.8) is 0 Å². The number of carbonyl (C=O) groups is 4. The standard InChI is InChI=1S/C29H16Cl4N2O5/c30-23-21-22(24(31)26(33)25(23)32)28(38)35(27(21)37)16-7-4-8-17(12-16)40-29(39)15-11-20(36)34(13-15)19-10-3-6-14-5-1-2-9-18(14)19/h1-10,12,15H,11,13H2/t15-/m1/s1. The molecule has 0 aliphatic carbocycles. The van der Waals surface area contributed by atoms with Crippen molar-refractivity contribution in [3.05, 3.63) is 97.9 Å². The second-order valence-corrected chi connectivity index (χ2v) is 10.8. The van der Waals surface area contributed by atoms with Gasteiger partial charge in [-0.2, -0.15) is 0 Å². The maximum Gasteiger partial charge on any atom is 0.316 e. The third-order valence-corrected chi connectivity index (χ3v) is 8.71. The van der Waals surface area contributed by atoms with E-state index in [-0.39, 0.29) is 61.5 Å². The molecule has 1 fully saturated rings. The fraction of sp³-hybridized carbons (Fsp3) is 0.103. The van der Waals surface area contributed by atoms with Gasteiger partial charge in [-0.1, -0.05) is 88.9 Å². The predicted octanol–water partition coefficient (Wildman–Crippen LogP) is 7.21. The highest BCUT2D eigenvalue weighted by Crippen LogP contribution is 2.46. The molecule has 200 valence electrons. The van der Waals surface area contributed by atoms with Crippen LogP contribution in [-0.2, 0) is 9.59 Å². The Labute approximate surface area is 247 Å². The van der Waals surface area contributed by atoms with Gasteiger partial charge in [0.2, 0.25) is 5.91 Å². The summed E-state index contributed by atoms with van der Waals surface area (Å²) >= 11 is 24.6. The highest BCUT2D eigenvalue weighted by molar-refractivity contribution is 6.56. The summed E-state index contributed by atoms with van der Waals surface area (Å²) in [6, 6.07) is 19.2. The number of imide groups is 1. The van der Waals surface area contributed by atoms with Crippen molar-refractivity contribution in [2.75, 3.05) is 16.3 Å². The van der Waals surface area contributed by atoms with Crippen LogP contribution in [0.5, 0.6) is 5.75 Å². The molecule has 0 bridgehead atoms. The summed E-state index contributed by atoms with van der Waals surface area (Å²) in [4.78, 5) is 54.8. The number of esters is 1. The number of anilines is 2. The SMILES string of the molecule is O=C(Oc1cccc(N2C(=O)c3c(Cl)c(Cl)c(Cl)c(Cl)c3C2=O)c1)[C@@H]1CC(=O)N(c2cccc3ccccc23)C1. The summed E-state index contributed by atoms with van der Waals surface area (Å²) in [7, 11) is 0. The quantitative estimate of drug-likeness (QED) is 0.0798. The molecule has 3 amide bonds. The lowest BCUT2D eigenvalue weighted by molar-refractivity contribution is -0.139. The number of halogens is 4. The molecule has 1 saturated heterocycles. The molecule has 4 aromatic rings. The van der Waals surface area contributed by atoms with Gasteiger partial charge in [-0.05, 0) is 23.6 Å². The molecule has 0 N–H and O–H groups in total. The van der Waals surface area contributed by atoms with Crippen LogP contribution in [0.1, 0.15) is 27.1 Å². The van der Waals surface area contributed by atoms with E-state index in [0.29, 0.717) is 0 Å². The number of benzene rings is 4. The predicted molar refractivity (Wildman–Crippen MR) is 154 cm³/mol. The Morgan fingerprint density at radius 2 is 1.40 bits per heavy atom. The van der Waals surface area contributed by atoms with Crippen molar-refractivity contribution in [3.8, 4) is 5.75 Å². The maximum atomic E-state index is 13.2. The third kappa shape index (κ3) is 4.21. The molecule has 0 saturated carbocycles. The first kappa shape index (κ1) is 26.6. The van der Waals surface area contributed by atoms with E-state index in [1.165, 1.54) is 24.3 Å². The van der Waals surface area contributed by atoms with Gasteiger partial charge in [0.1, 0.15) is 5.75 Å². The Balaban J connectivity index is 1.23. The lowest BCUT2D eigenvalue weighted by Crippen LogP contribution is -2.29. The molecule has 11 heteroatoms. The van der Waals surface area contributed by atoms with E-state index >= 15 is 0 Å². The highest BCUT2D eigenvalue weighted by Gasteiger charge is 2.43. The number of fused-ring (bicyclic) bond motifs is 2. The van der Waals surface area contributed by atoms with Crippen molar-refractivity contribution < 1.29 is 23.9 Å². The molecule has 1 atom stereocenters. The van der Waals surface area contributed by atoms with Gasteiger partial charge in [-0.25, -0.2) is 4.90 Å². The second-order valence-electron chi connectivity index (χ2n) is 9.27. The monoisotopic (exact) mass is 612 g/mol. The number of rotatable bonds is 4. The molecule has 2 heterocycles. The second kappa shape index (κ2) is 10.1. The van der Waals surface area contributed by atoms with Crippen LogP contribution in [0, 0.1) is 5.92 Å². The van der Waals surface area contributed by atoms with Crippen LogP contribution >= 0.6 is 46.4 Å². The number of hydrogen-bond acceptors (Lipinski definition) is 5. The van der Waals surface area contributed by atoms with Gasteiger partial charge in [0, 0.05) is 24.4 Å². The summed E-state index contributed by atoms with van der Waals surface area (Å²) in [5, 5.41) is 1.25. The topological polar surface area (TPSA) is 84.0 Å². The Hall–Kier alpha value is -3.62. The average Bonchev–Trinajstić information content (AvgIpc) is 3.46. The van der Waals surface area contributed by atoms with Crippen LogP contribution < -0.4 is 14.5 Å². The Morgan fingerprint density at radius 3 is 2.10 bits per heavy atom. The summed E-state index contributed by atoms with van der Waals surface area (Å²) in [5.41, 5.74) is 0.525. The largest absolute Gasteiger partial charge is 0.426 e. The number of ether oxygens (including phenoxy) is 1. The summed E-state index contributed by atoms with van der Waals surface area (Å²) < 4.78 is 5.59. The molecule has 6 rings (SSSR count). The molecular weight excluding hydrogens is 598 g/mol. The van der Waals surface area contributed by atoms with Crippen molar-refractivity contribution in [1.82, 2.24) is 0 Å². The minimum atomic E-state index is -0.749. The van der Waals surface area contributed by atoms with Crippen LogP contribution in [0.2, 0.25) is 20.1 Å². The zero-order valence-electron chi connectivity index (χ0n) is 20.3. The summed E-state index contributed by atoms with van der Waals surface area (Å²) in [5.74, 6) is -2.92. The van der Waals surface area contributed by atoms with Crippen LogP contribution in [0.15, 0.2) is 66.7 Å². The zero-order chi connectivity index (χ0) is 28.3. The molecule has 0 unspecified atom stereocenters. The minimum absolute atomic E-state index is 0.0152. The molecule has 0 radical (unpaired) electrons. The van der Waals surface area contributed by atoms with Gasteiger partial charge in [-0.3, -0.25) is 19.2 Å². The average molecular weight is 614 g/mol. The zero-order valence-corrected chi connectivity index (χ0v) is 23.3. The van der Waals surface area contributed by atoms with Gasteiger partial charge in [0.05, 0.1) is 48.5 Å². The van der Waals surface area contributed by atoms with Crippen molar-refractivity contribution in [2.45, 2.75) is 6.42 Å². The highest BCUT2D eigenvalue weighted by atomic mass is 35.5. The summed E-state index contributed by atoms with van der Waals surface area (Å²) in [6.45, 7) is 0.155. The number of nitrogens with zero attached hydrogens (tertiary/aromatic N) is 2. The first-order valence-corrected chi connectivity index (χ1v) is 13.5. The third-order valence-electron chi connectivity index (χ3n) is 6.91. The number of amides is 3. The summed E-state index contributed by atoms with van der Waals surface area (Å²) in [6.07, 6.45) is -0.0152. The van der Waals surface area contributed by atoms with E-state index in [4.69, 9.17) is 51.1 Å². The van der Waals surface area contributed by atoms with Crippen LogP contribution in [0.25, 0.3) is 10.8 Å². The van der Waals surface area contributed by atoms with Gasteiger partial charge in [-0.15, -0.1) is 0 Å². The maximum absolute atomic E-state index is 13.2. The lowest BCUT2D eigenvalue weighted by atomic mass is 10.1. The number of hydrogen-bond donors (Lipinski definition) is 0. The fourth-order valence-electron chi connectivity index (χ4n) is 5.01. The number of carbonyl (C=O) groups excluding carboxylic acids is 4. The van der Waals surface area contributed by atoms with Gasteiger partial charge < -0.3 is 9.64 Å². The van der Waals surface area contributed by atoms with Crippen molar-refractivity contribution in [2.24, 2.45) is 5.92 Å². The molecule has 0 spiro atoms. The van der Waals surface area contributed by atoms with Gasteiger partial charge in [0.15, 0.2) is 0 Å². The van der Waals surface area contributed by atoms with Crippen molar-refractivity contribution >= 4 is 92.2 Å². The van der Waals surface area contributed by atoms with E-state index in [9.17, 15) is 19.2 Å². The molecule has 2 aliphatic heterocycles. The van der Waals surface area contributed by atoms with Crippen molar-refractivity contribution in [1.29, 1.82) is 0 Å². The van der Waals surface area contributed by atoms with E-state index in [1.54, 1.807) is 4.90 Å². The normalized spacial score (nSPS) is 16.7. The fourth-order valence-corrected chi connectivity index (χ4v) is 6.03. The van der Waals surface area contributed by atoms with Gasteiger partial charge in [0.25, 0.3) is 11.8 Å². The Kier molecular flexibility index (Phi) is 6.71. The molecule has 4 aromatic carbocycles. The Morgan fingerprint density at radius 1 is 0.775 bits per heavy atom. The first-order chi connectivity index (χ1) is 19.2.